The van der Waals surface area contributed by atoms with Crippen molar-refractivity contribution in [2.75, 3.05) is 26.2 Å². The van der Waals surface area contributed by atoms with Crippen molar-refractivity contribution in [3.8, 4) is 0 Å². The van der Waals surface area contributed by atoms with Crippen molar-refractivity contribution in [1.29, 1.82) is 0 Å². The second-order valence-corrected chi connectivity index (χ2v) is 6.73. The van der Waals surface area contributed by atoms with Crippen molar-refractivity contribution in [2.24, 2.45) is 0 Å². The number of hydrogen-bond donors (Lipinski definition) is 0. The topological polar surface area (TPSA) is 57.9 Å². The molecule has 1 aliphatic rings. The molecule has 0 aliphatic carbocycles. The molecule has 2 amide bonds. The molecule has 0 unspecified atom stereocenters. The van der Waals surface area contributed by atoms with Gasteiger partial charge in [0.2, 0.25) is 5.91 Å². The molecule has 0 atom stereocenters. The number of carbonyl (C=O) groups is 2. The largest absolute Gasteiger partial charge is 0.341 e. The predicted molar refractivity (Wildman–Crippen MR) is 96.8 cm³/mol. The maximum Gasteiger partial charge on any atom is 0.258 e. The lowest BCUT2D eigenvalue weighted by molar-refractivity contribution is -0.131. The first-order valence-electron chi connectivity index (χ1n) is 8.80. The Kier molecular flexibility index (Phi) is 5.58. The van der Waals surface area contributed by atoms with Gasteiger partial charge in [0.1, 0.15) is 6.54 Å². The van der Waals surface area contributed by atoms with E-state index in [0.29, 0.717) is 22.6 Å². The fraction of sp³-hybridized carbons (Fsp3) is 0.500. The van der Waals surface area contributed by atoms with Crippen molar-refractivity contribution >= 4 is 28.9 Å². The summed E-state index contributed by atoms with van der Waals surface area (Å²) in [5, 5.41) is 4.66. The molecule has 3 rings (SSSR count). The third kappa shape index (κ3) is 3.79. The SMILES string of the molecule is CCN(CC(=O)N1CCCCCC1)C(=O)c1cnn2cccc(Cl)c12. The lowest BCUT2D eigenvalue weighted by Crippen LogP contribution is -2.43. The Labute approximate surface area is 152 Å². The zero-order valence-electron chi connectivity index (χ0n) is 14.4. The third-order valence-electron chi connectivity index (χ3n) is 4.68. The minimum Gasteiger partial charge on any atom is -0.341 e. The van der Waals surface area contributed by atoms with Crippen molar-refractivity contribution < 1.29 is 9.59 Å². The van der Waals surface area contributed by atoms with E-state index in [2.05, 4.69) is 5.10 Å². The van der Waals surface area contributed by atoms with Gasteiger partial charge < -0.3 is 9.80 Å². The highest BCUT2D eigenvalue weighted by atomic mass is 35.5. The van der Waals surface area contributed by atoms with Crippen LogP contribution in [0.5, 0.6) is 0 Å². The Morgan fingerprint density at radius 2 is 1.96 bits per heavy atom. The summed E-state index contributed by atoms with van der Waals surface area (Å²) in [6.07, 6.45) is 7.67. The molecule has 0 spiro atoms. The van der Waals surface area contributed by atoms with Crippen LogP contribution in [0.15, 0.2) is 24.5 Å². The summed E-state index contributed by atoms with van der Waals surface area (Å²) in [4.78, 5) is 29.0. The summed E-state index contributed by atoms with van der Waals surface area (Å²) in [5.74, 6) is -0.201. The number of pyridine rings is 1. The molecule has 2 aromatic rings. The molecule has 6 nitrogen and oxygen atoms in total. The molecule has 0 bridgehead atoms. The van der Waals surface area contributed by atoms with Crippen LogP contribution in [0.1, 0.15) is 43.0 Å². The highest BCUT2D eigenvalue weighted by Crippen LogP contribution is 2.22. The summed E-state index contributed by atoms with van der Waals surface area (Å²) in [6.45, 7) is 4.00. The minimum absolute atomic E-state index is 0.0136. The number of likely N-dealkylation sites (N-methyl/N-ethyl adjacent to an activating group) is 1. The van der Waals surface area contributed by atoms with Gasteiger partial charge in [-0.2, -0.15) is 5.10 Å². The molecule has 0 saturated carbocycles. The summed E-state index contributed by atoms with van der Waals surface area (Å²) in [5.41, 5.74) is 1.01. The molecule has 1 aliphatic heterocycles. The fourth-order valence-corrected chi connectivity index (χ4v) is 3.50. The first kappa shape index (κ1) is 17.7. The number of hydrogen-bond acceptors (Lipinski definition) is 3. The summed E-state index contributed by atoms with van der Waals surface area (Å²) >= 11 is 6.23. The lowest BCUT2D eigenvalue weighted by Gasteiger charge is -2.25. The average Bonchev–Trinajstić information content (AvgIpc) is 2.87. The van der Waals surface area contributed by atoms with Crippen LogP contribution < -0.4 is 0 Å². The van der Waals surface area contributed by atoms with Crippen LogP contribution in [0, 0.1) is 0 Å². The number of carbonyl (C=O) groups excluding carboxylic acids is 2. The monoisotopic (exact) mass is 362 g/mol. The van der Waals surface area contributed by atoms with Crippen LogP contribution in [-0.4, -0.2) is 57.4 Å². The molecule has 3 heterocycles. The van der Waals surface area contributed by atoms with Crippen LogP contribution >= 0.6 is 11.6 Å². The van der Waals surface area contributed by atoms with E-state index in [0.717, 1.165) is 25.9 Å². The lowest BCUT2D eigenvalue weighted by atomic mass is 10.2. The number of fused-ring (bicyclic) bond motifs is 1. The number of aromatic nitrogens is 2. The van der Waals surface area contributed by atoms with Gasteiger partial charge in [-0.05, 0) is 31.9 Å². The minimum atomic E-state index is -0.214. The van der Waals surface area contributed by atoms with E-state index in [1.807, 2.05) is 11.8 Å². The highest BCUT2D eigenvalue weighted by molar-refractivity contribution is 6.34. The van der Waals surface area contributed by atoms with Gasteiger partial charge in [0, 0.05) is 25.8 Å². The van der Waals surface area contributed by atoms with Crippen molar-refractivity contribution in [2.45, 2.75) is 32.6 Å². The molecule has 7 heteroatoms. The van der Waals surface area contributed by atoms with E-state index in [-0.39, 0.29) is 18.4 Å². The second kappa shape index (κ2) is 7.87. The van der Waals surface area contributed by atoms with Gasteiger partial charge in [0.25, 0.3) is 5.91 Å². The van der Waals surface area contributed by atoms with Gasteiger partial charge in [0.15, 0.2) is 0 Å². The summed E-state index contributed by atoms with van der Waals surface area (Å²) in [6, 6.07) is 3.51. The predicted octanol–water partition coefficient (Wildman–Crippen LogP) is 2.85. The van der Waals surface area contributed by atoms with E-state index < -0.39 is 0 Å². The van der Waals surface area contributed by atoms with Crippen LogP contribution in [0.25, 0.3) is 5.52 Å². The van der Waals surface area contributed by atoms with Crippen LogP contribution in [0.3, 0.4) is 0 Å². The van der Waals surface area contributed by atoms with E-state index in [9.17, 15) is 9.59 Å². The van der Waals surface area contributed by atoms with Crippen LogP contribution in [-0.2, 0) is 4.79 Å². The quantitative estimate of drug-likeness (QED) is 0.840. The normalized spacial score (nSPS) is 15.2. The zero-order chi connectivity index (χ0) is 17.8. The molecular formula is C18H23ClN4O2. The van der Waals surface area contributed by atoms with Crippen LogP contribution in [0.4, 0.5) is 0 Å². The Hall–Kier alpha value is -2.08. The molecular weight excluding hydrogens is 340 g/mol. The molecule has 1 fully saturated rings. The molecule has 2 aromatic heterocycles. The first-order valence-corrected chi connectivity index (χ1v) is 9.18. The number of halogens is 1. The van der Waals surface area contributed by atoms with Gasteiger partial charge >= 0.3 is 0 Å². The van der Waals surface area contributed by atoms with Crippen molar-refractivity contribution in [1.82, 2.24) is 19.4 Å². The summed E-state index contributed by atoms with van der Waals surface area (Å²) < 4.78 is 1.58. The standard InChI is InChI=1S/C18H23ClN4O2/c1-2-21(13-16(24)22-9-5-3-4-6-10-22)18(25)14-12-20-23-11-7-8-15(19)17(14)23/h7-8,11-12H,2-6,9-10,13H2,1H3. The molecule has 134 valence electrons. The molecule has 0 N–H and O–H groups in total. The Bertz CT molecular complexity index is 766. The van der Waals surface area contributed by atoms with Crippen molar-refractivity contribution in [3.05, 3.63) is 35.1 Å². The number of amides is 2. The van der Waals surface area contributed by atoms with Crippen molar-refractivity contribution in [3.63, 3.8) is 0 Å². The van der Waals surface area contributed by atoms with Gasteiger partial charge in [-0.25, -0.2) is 4.52 Å². The number of nitrogens with zero attached hydrogens (tertiary/aromatic N) is 4. The number of rotatable bonds is 4. The van der Waals surface area contributed by atoms with Gasteiger partial charge in [-0.15, -0.1) is 0 Å². The average molecular weight is 363 g/mol. The maximum absolute atomic E-state index is 12.9. The van der Waals surface area contributed by atoms with E-state index >= 15 is 0 Å². The van der Waals surface area contributed by atoms with Gasteiger partial charge in [-0.1, -0.05) is 24.4 Å². The molecule has 1 saturated heterocycles. The molecule has 25 heavy (non-hydrogen) atoms. The second-order valence-electron chi connectivity index (χ2n) is 6.32. The van der Waals surface area contributed by atoms with E-state index in [1.54, 1.807) is 27.7 Å². The Morgan fingerprint density at radius 3 is 2.64 bits per heavy atom. The first-order chi connectivity index (χ1) is 12.1. The zero-order valence-corrected chi connectivity index (χ0v) is 15.2. The van der Waals surface area contributed by atoms with Gasteiger partial charge in [0.05, 0.1) is 22.3 Å². The highest BCUT2D eigenvalue weighted by Gasteiger charge is 2.24. The molecule has 0 aromatic carbocycles. The fourth-order valence-electron chi connectivity index (χ4n) is 3.24. The Morgan fingerprint density at radius 1 is 1.24 bits per heavy atom. The van der Waals surface area contributed by atoms with E-state index in [4.69, 9.17) is 11.6 Å². The summed E-state index contributed by atoms with van der Waals surface area (Å²) in [7, 11) is 0. The Balaban J connectivity index is 1.77. The van der Waals surface area contributed by atoms with Gasteiger partial charge in [-0.3, -0.25) is 9.59 Å². The molecule has 0 radical (unpaired) electrons. The third-order valence-corrected chi connectivity index (χ3v) is 4.98. The maximum atomic E-state index is 12.9. The van der Waals surface area contributed by atoms with E-state index in [1.165, 1.54) is 19.0 Å². The van der Waals surface area contributed by atoms with Crippen LogP contribution in [0.2, 0.25) is 5.02 Å². The number of likely N-dealkylation sites (tertiary alicyclic amines) is 1. The smallest absolute Gasteiger partial charge is 0.258 e.